The molecule has 0 saturated carbocycles. The lowest BCUT2D eigenvalue weighted by Crippen LogP contribution is -2.48. The average Bonchev–Trinajstić information content (AvgIpc) is 2.73. The van der Waals surface area contributed by atoms with Crippen LogP contribution in [-0.2, 0) is 14.4 Å². The first-order valence-electron chi connectivity index (χ1n) is 9.44. The summed E-state index contributed by atoms with van der Waals surface area (Å²) in [5.41, 5.74) is 8.13. The molecule has 0 aliphatic carbocycles. The Bertz CT molecular complexity index is 1020. The predicted molar refractivity (Wildman–Crippen MR) is 126 cm³/mol. The molecular formula is C22H23ClN4O3S. The lowest BCUT2D eigenvalue weighted by atomic mass is 10.1. The van der Waals surface area contributed by atoms with Crippen LogP contribution < -0.4 is 21.5 Å². The van der Waals surface area contributed by atoms with E-state index in [9.17, 15) is 14.4 Å². The molecule has 0 atom stereocenters. The zero-order valence-corrected chi connectivity index (χ0v) is 18.7. The van der Waals surface area contributed by atoms with Crippen molar-refractivity contribution >= 4 is 58.4 Å². The topological polar surface area (TPSA) is 99.3 Å². The van der Waals surface area contributed by atoms with E-state index < -0.39 is 11.8 Å². The first-order chi connectivity index (χ1) is 14.7. The number of rotatable bonds is 6. The molecule has 0 spiro atoms. The molecule has 162 valence electrons. The number of carbonyl (C=O) groups is 3. The molecule has 31 heavy (non-hydrogen) atoms. The second-order valence-electron chi connectivity index (χ2n) is 6.71. The molecule has 7 nitrogen and oxygen atoms in total. The van der Waals surface area contributed by atoms with Gasteiger partial charge >= 0.3 is 0 Å². The highest BCUT2D eigenvalue weighted by Crippen LogP contribution is 2.17. The zero-order valence-electron chi connectivity index (χ0n) is 17.1. The van der Waals surface area contributed by atoms with Gasteiger partial charge in [-0.2, -0.15) is 0 Å². The number of benzene rings is 2. The van der Waals surface area contributed by atoms with E-state index in [4.69, 9.17) is 23.8 Å². The van der Waals surface area contributed by atoms with Crippen molar-refractivity contribution in [2.45, 2.75) is 26.7 Å². The maximum absolute atomic E-state index is 12.1. The summed E-state index contributed by atoms with van der Waals surface area (Å²) >= 11 is 11.0. The van der Waals surface area contributed by atoms with Gasteiger partial charge in [-0.15, -0.1) is 0 Å². The summed E-state index contributed by atoms with van der Waals surface area (Å²) in [5, 5.41) is 5.61. The molecule has 0 radical (unpaired) electrons. The van der Waals surface area contributed by atoms with Crippen LogP contribution in [0, 0.1) is 13.8 Å². The van der Waals surface area contributed by atoms with Crippen LogP contribution in [0.15, 0.2) is 48.5 Å². The molecule has 0 saturated heterocycles. The summed E-state index contributed by atoms with van der Waals surface area (Å²) in [6.07, 6.45) is 2.77. The third-order valence-corrected chi connectivity index (χ3v) is 4.67. The minimum absolute atomic E-state index is 0.000584. The maximum Gasteiger partial charge on any atom is 0.250 e. The Morgan fingerprint density at radius 3 is 2.45 bits per heavy atom. The van der Waals surface area contributed by atoms with E-state index >= 15 is 0 Å². The van der Waals surface area contributed by atoms with Crippen molar-refractivity contribution in [1.82, 2.24) is 16.2 Å². The monoisotopic (exact) mass is 458 g/mol. The van der Waals surface area contributed by atoms with E-state index in [-0.39, 0.29) is 23.9 Å². The van der Waals surface area contributed by atoms with Crippen LogP contribution in [0.5, 0.6) is 0 Å². The fourth-order valence-electron chi connectivity index (χ4n) is 2.46. The van der Waals surface area contributed by atoms with E-state index in [0.29, 0.717) is 10.6 Å². The van der Waals surface area contributed by atoms with Gasteiger partial charge in [-0.3, -0.25) is 30.6 Å². The number of hydrazine groups is 1. The number of halogens is 1. The molecule has 0 unspecified atom stereocenters. The molecule has 0 heterocycles. The number of hydrogen-bond donors (Lipinski definition) is 4. The summed E-state index contributed by atoms with van der Waals surface area (Å²) in [6, 6.07) is 12.8. The lowest BCUT2D eigenvalue weighted by Gasteiger charge is -2.11. The van der Waals surface area contributed by atoms with E-state index in [1.165, 1.54) is 6.08 Å². The molecule has 0 fully saturated rings. The Morgan fingerprint density at radius 2 is 1.71 bits per heavy atom. The van der Waals surface area contributed by atoms with Crippen LogP contribution in [0.4, 0.5) is 5.69 Å². The summed E-state index contributed by atoms with van der Waals surface area (Å²) in [7, 11) is 0. The Hall–Kier alpha value is -3.23. The third-order valence-electron chi connectivity index (χ3n) is 4.12. The van der Waals surface area contributed by atoms with E-state index in [0.717, 1.165) is 16.8 Å². The van der Waals surface area contributed by atoms with Gasteiger partial charge in [-0.1, -0.05) is 41.9 Å². The molecule has 3 amide bonds. The van der Waals surface area contributed by atoms with E-state index in [1.54, 1.807) is 30.3 Å². The Balaban J connectivity index is 1.70. The van der Waals surface area contributed by atoms with Gasteiger partial charge in [0.15, 0.2) is 5.11 Å². The summed E-state index contributed by atoms with van der Waals surface area (Å²) in [4.78, 5) is 35.9. The number of aryl methyl sites for hydroxylation is 2. The maximum atomic E-state index is 12.1. The van der Waals surface area contributed by atoms with Crippen molar-refractivity contribution in [3.63, 3.8) is 0 Å². The minimum Gasteiger partial charge on any atom is -0.326 e. The number of thiocarbonyl (C=S) groups is 1. The van der Waals surface area contributed by atoms with E-state index in [1.807, 2.05) is 32.0 Å². The molecule has 2 aromatic carbocycles. The van der Waals surface area contributed by atoms with Gasteiger partial charge in [0, 0.05) is 29.6 Å². The first-order valence-corrected chi connectivity index (χ1v) is 10.2. The first kappa shape index (κ1) is 24.0. The smallest absolute Gasteiger partial charge is 0.250 e. The normalized spacial score (nSPS) is 10.4. The van der Waals surface area contributed by atoms with Crippen LogP contribution in [-0.4, -0.2) is 22.8 Å². The van der Waals surface area contributed by atoms with Gasteiger partial charge in [-0.25, -0.2) is 0 Å². The van der Waals surface area contributed by atoms with Crippen molar-refractivity contribution in [2.24, 2.45) is 0 Å². The number of carbonyl (C=O) groups excluding carboxylic acids is 3. The molecular weight excluding hydrogens is 436 g/mol. The quantitative estimate of drug-likeness (QED) is 0.302. The zero-order chi connectivity index (χ0) is 22.8. The molecule has 2 rings (SSSR count). The van der Waals surface area contributed by atoms with Crippen molar-refractivity contribution in [2.75, 3.05) is 5.32 Å². The van der Waals surface area contributed by atoms with Gasteiger partial charge in [0.2, 0.25) is 17.7 Å². The van der Waals surface area contributed by atoms with Crippen LogP contribution >= 0.6 is 23.8 Å². The van der Waals surface area contributed by atoms with Crippen molar-refractivity contribution in [1.29, 1.82) is 0 Å². The molecule has 0 aliphatic rings. The third kappa shape index (κ3) is 8.57. The second-order valence-corrected chi connectivity index (χ2v) is 7.53. The van der Waals surface area contributed by atoms with Crippen molar-refractivity contribution in [3.05, 3.63) is 70.3 Å². The highest BCUT2D eigenvalue weighted by atomic mass is 35.5. The van der Waals surface area contributed by atoms with Crippen LogP contribution in [0.2, 0.25) is 5.02 Å². The SMILES string of the molecule is Cc1ccc(C)c(NC(=O)CCC(=O)NNC(=S)NC(=O)/C=C/c2ccccc2Cl)c1. The highest BCUT2D eigenvalue weighted by molar-refractivity contribution is 7.80. The molecule has 0 aliphatic heterocycles. The Labute approximate surface area is 191 Å². The van der Waals surface area contributed by atoms with Crippen LogP contribution in [0.25, 0.3) is 6.08 Å². The van der Waals surface area contributed by atoms with Gasteiger partial charge in [0.25, 0.3) is 0 Å². The molecule has 0 bridgehead atoms. The Kier molecular flexibility index (Phi) is 9.17. The van der Waals surface area contributed by atoms with Gasteiger partial charge in [-0.05, 0) is 61.0 Å². The van der Waals surface area contributed by atoms with Crippen molar-refractivity contribution in [3.8, 4) is 0 Å². The molecule has 0 aromatic heterocycles. The standard InChI is InChI=1S/C22H23ClN4O3S/c1-14-7-8-15(2)18(13-14)24-19(28)11-12-21(30)26-27-22(31)25-20(29)10-9-16-5-3-4-6-17(16)23/h3-10,13H,11-12H2,1-2H3,(H,24,28)(H,26,30)(H2,25,27,29,31)/b10-9+. The number of anilines is 1. The van der Waals surface area contributed by atoms with Gasteiger partial charge < -0.3 is 5.32 Å². The minimum atomic E-state index is -0.487. The van der Waals surface area contributed by atoms with Crippen LogP contribution in [0.3, 0.4) is 0 Å². The molecule has 4 N–H and O–H groups in total. The summed E-state index contributed by atoms with van der Waals surface area (Å²) in [6.45, 7) is 3.83. The van der Waals surface area contributed by atoms with Crippen molar-refractivity contribution < 1.29 is 14.4 Å². The average molecular weight is 459 g/mol. The number of nitrogens with one attached hydrogen (secondary N) is 4. The molecule has 2 aromatic rings. The number of amides is 3. The lowest BCUT2D eigenvalue weighted by molar-refractivity contribution is -0.124. The second kappa shape index (κ2) is 11.8. The van der Waals surface area contributed by atoms with E-state index in [2.05, 4.69) is 21.5 Å². The fraction of sp³-hybridized carbons (Fsp3) is 0.182. The predicted octanol–water partition coefficient (Wildman–Crippen LogP) is 3.41. The summed E-state index contributed by atoms with van der Waals surface area (Å²) < 4.78 is 0. The van der Waals surface area contributed by atoms with Gasteiger partial charge in [0.05, 0.1) is 0 Å². The van der Waals surface area contributed by atoms with Gasteiger partial charge in [0.1, 0.15) is 0 Å². The highest BCUT2D eigenvalue weighted by Gasteiger charge is 2.09. The fourth-order valence-corrected chi connectivity index (χ4v) is 2.81. The number of hydrogen-bond acceptors (Lipinski definition) is 4. The molecule has 9 heteroatoms. The largest absolute Gasteiger partial charge is 0.326 e. The van der Waals surface area contributed by atoms with Crippen LogP contribution in [0.1, 0.15) is 29.5 Å². The Morgan fingerprint density at radius 1 is 1.00 bits per heavy atom. The summed E-state index contributed by atoms with van der Waals surface area (Å²) in [5.74, 6) is -1.21.